The van der Waals surface area contributed by atoms with Crippen molar-refractivity contribution >= 4 is 23.2 Å². The maximum absolute atomic E-state index is 13.3. The maximum atomic E-state index is 13.3. The van der Waals surface area contributed by atoms with Crippen molar-refractivity contribution in [2.24, 2.45) is 5.73 Å². The fourth-order valence-corrected chi connectivity index (χ4v) is 2.59. The van der Waals surface area contributed by atoms with Crippen LogP contribution in [-0.4, -0.2) is 36.5 Å². The molecule has 0 radical (unpaired) electrons. The van der Waals surface area contributed by atoms with E-state index in [1.54, 1.807) is 6.07 Å². The predicted octanol–water partition coefficient (Wildman–Crippen LogP) is 2.23. The molecule has 0 saturated carbocycles. The summed E-state index contributed by atoms with van der Waals surface area (Å²) in [5, 5.41) is 3.38. The van der Waals surface area contributed by atoms with Crippen LogP contribution in [-0.2, 0) is 4.79 Å². The zero-order chi connectivity index (χ0) is 14.5. The van der Waals surface area contributed by atoms with E-state index in [1.807, 2.05) is 4.90 Å². The van der Waals surface area contributed by atoms with Crippen molar-refractivity contribution in [1.82, 2.24) is 4.90 Å². The average molecular weight is 300 g/mol. The number of anilines is 1. The molecule has 6 heteroatoms. The molecule has 3 N–H and O–H groups in total. The van der Waals surface area contributed by atoms with Crippen LogP contribution in [0.5, 0.6) is 0 Å². The van der Waals surface area contributed by atoms with Crippen molar-refractivity contribution < 1.29 is 9.18 Å². The van der Waals surface area contributed by atoms with Gasteiger partial charge in [-0.05, 0) is 31.0 Å². The van der Waals surface area contributed by atoms with E-state index in [2.05, 4.69) is 5.32 Å². The molecule has 1 saturated heterocycles. The van der Waals surface area contributed by atoms with Crippen LogP contribution in [0, 0.1) is 5.82 Å². The number of hydrogen-bond donors (Lipinski definition) is 2. The highest BCUT2D eigenvalue weighted by Gasteiger charge is 2.21. The van der Waals surface area contributed by atoms with Gasteiger partial charge in [0.2, 0.25) is 5.91 Å². The summed E-state index contributed by atoms with van der Waals surface area (Å²) in [5.41, 5.74) is 6.23. The van der Waals surface area contributed by atoms with E-state index in [9.17, 15) is 9.18 Å². The summed E-state index contributed by atoms with van der Waals surface area (Å²) in [5.74, 6) is -0.324. The van der Waals surface area contributed by atoms with Gasteiger partial charge in [-0.1, -0.05) is 11.6 Å². The summed E-state index contributed by atoms with van der Waals surface area (Å²) in [6, 6.07) is 3.98. The van der Waals surface area contributed by atoms with E-state index in [0.29, 0.717) is 23.7 Å². The molecule has 0 aromatic heterocycles. The van der Waals surface area contributed by atoms with Crippen LogP contribution in [0.2, 0.25) is 5.02 Å². The minimum Gasteiger partial charge on any atom is -0.380 e. The van der Waals surface area contributed by atoms with Gasteiger partial charge in [0.1, 0.15) is 5.82 Å². The van der Waals surface area contributed by atoms with Gasteiger partial charge in [-0.3, -0.25) is 4.79 Å². The summed E-state index contributed by atoms with van der Waals surface area (Å²) in [4.78, 5) is 13.9. The Bertz CT molecular complexity index is 457. The Morgan fingerprint density at radius 2 is 2.10 bits per heavy atom. The van der Waals surface area contributed by atoms with Crippen molar-refractivity contribution in [2.45, 2.75) is 25.3 Å². The second kappa shape index (κ2) is 6.90. The van der Waals surface area contributed by atoms with Crippen molar-refractivity contribution in [2.75, 3.05) is 25.0 Å². The molecular formula is C14H19ClFN3O. The minimum atomic E-state index is -0.415. The number of benzene rings is 1. The molecule has 1 fully saturated rings. The molecule has 0 spiro atoms. The predicted molar refractivity (Wildman–Crippen MR) is 78.3 cm³/mol. The van der Waals surface area contributed by atoms with E-state index in [1.165, 1.54) is 12.1 Å². The van der Waals surface area contributed by atoms with Crippen LogP contribution in [0.15, 0.2) is 18.2 Å². The van der Waals surface area contributed by atoms with Gasteiger partial charge in [-0.15, -0.1) is 0 Å². The van der Waals surface area contributed by atoms with Crippen molar-refractivity contribution in [1.29, 1.82) is 0 Å². The van der Waals surface area contributed by atoms with Gasteiger partial charge in [0.05, 0.1) is 0 Å². The largest absolute Gasteiger partial charge is 0.380 e. The number of nitrogens with two attached hydrogens (primary N) is 1. The summed E-state index contributed by atoms with van der Waals surface area (Å²) in [6.07, 6.45) is 2.43. The Balaban J connectivity index is 1.95. The molecular weight excluding hydrogens is 281 g/mol. The first-order valence-corrected chi connectivity index (χ1v) is 7.17. The van der Waals surface area contributed by atoms with Crippen LogP contribution >= 0.6 is 11.6 Å². The Labute approximate surface area is 123 Å². The highest BCUT2D eigenvalue weighted by Crippen LogP contribution is 2.19. The first kappa shape index (κ1) is 15.1. The molecule has 1 unspecified atom stereocenters. The van der Waals surface area contributed by atoms with E-state index in [-0.39, 0.29) is 11.9 Å². The number of likely N-dealkylation sites (tertiary alicyclic amines) is 1. The van der Waals surface area contributed by atoms with Crippen LogP contribution in [0.25, 0.3) is 0 Å². The second-order valence-corrected chi connectivity index (χ2v) is 5.46. The molecule has 2 rings (SSSR count). The Morgan fingerprint density at radius 3 is 2.70 bits per heavy atom. The molecule has 0 aliphatic carbocycles. The maximum Gasteiger partial charge on any atom is 0.224 e. The lowest BCUT2D eigenvalue weighted by Crippen LogP contribution is -2.37. The van der Waals surface area contributed by atoms with Crippen molar-refractivity contribution in [3.63, 3.8) is 0 Å². The lowest BCUT2D eigenvalue weighted by atomic mass is 10.1. The highest BCUT2D eigenvalue weighted by molar-refractivity contribution is 6.30. The number of hydrogen-bond acceptors (Lipinski definition) is 3. The monoisotopic (exact) mass is 299 g/mol. The minimum absolute atomic E-state index is 0.0907. The van der Waals surface area contributed by atoms with Crippen LogP contribution in [0.4, 0.5) is 10.1 Å². The number of amides is 1. The molecule has 110 valence electrons. The zero-order valence-electron chi connectivity index (χ0n) is 11.2. The number of nitrogens with one attached hydrogen (secondary N) is 1. The molecule has 1 aromatic carbocycles. The third kappa shape index (κ3) is 4.08. The lowest BCUT2D eigenvalue weighted by molar-refractivity contribution is -0.130. The van der Waals surface area contributed by atoms with Crippen molar-refractivity contribution in [3.8, 4) is 0 Å². The second-order valence-electron chi connectivity index (χ2n) is 5.03. The molecule has 1 atom stereocenters. The van der Waals surface area contributed by atoms with E-state index < -0.39 is 5.82 Å². The van der Waals surface area contributed by atoms with Gasteiger partial charge in [-0.25, -0.2) is 4.39 Å². The molecule has 1 aliphatic heterocycles. The van der Waals surface area contributed by atoms with Gasteiger partial charge in [0.25, 0.3) is 0 Å². The van der Waals surface area contributed by atoms with Gasteiger partial charge < -0.3 is 16.0 Å². The number of nitrogens with zero attached hydrogens (tertiary/aromatic N) is 1. The van der Waals surface area contributed by atoms with Gasteiger partial charge in [-0.2, -0.15) is 0 Å². The quantitative estimate of drug-likeness (QED) is 0.876. The lowest BCUT2D eigenvalue weighted by Gasteiger charge is -2.21. The van der Waals surface area contributed by atoms with E-state index >= 15 is 0 Å². The third-order valence-electron chi connectivity index (χ3n) is 3.40. The number of carbonyl (C=O) groups is 1. The SMILES string of the molecule is NCC(CC(=O)N1CCCC1)Nc1cc(F)cc(Cl)c1. The third-order valence-corrected chi connectivity index (χ3v) is 3.62. The Kier molecular flexibility index (Phi) is 5.20. The highest BCUT2D eigenvalue weighted by atomic mass is 35.5. The summed E-state index contributed by atoms with van der Waals surface area (Å²) in [6.45, 7) is 1.94. The smallest absolute Gasteiger partial charge is 0.224 e. The Hall–Kier alpha value is -1.33. The van der Waals surface area contributed by atoms with Crippen molar-refractivity contribution in [3.05, 3.63) is 29.0 Å². The van der Waals surface area contributed by atoms with Gasteiger partial charge in [0.15, 0.2) is 0 Å². The molecule has 4 nitrogen and oxygen atoms in total. The van der Waals surface area contributed by atoms with Crippen LogP contribution in [0.1, 0.15) is 19.3 Å². The van der Waals surface area contributed by atoms with Crippen LogP contribution < -0.4 is 11.1 Å². The number of halogens is 2. The van der Waals surface area contributed by atoms with Gasteiger partial charge >= 0.3 is 0 Å². The fourth-order valence-electron chi connectivity index (χ4n) is 2.37. The van der Waals surface area contributed by atoms with E-state index in [4.69, 9.17) is 17.3 Å². The molecule has 0 bridgehead atoms. The normalized spacial score (nSPS) is 16.2. The topological polar surface area (TPSA) is 58.4 Å². The zero-order valence-corrected chi connectivity index (χ0v) is 12.0. The number of carbonyl (C=O) groups excluding carboxylic acids is 1. The first-order chi connectivity index (χ1) is 9.58. The summed E-state index contributed by atoms with van der Waals surface area (Å²) < 4.78 is 13.3. The molecule has 20 heavy (non-hydrogen) atoms. The summed E-state index contributed by atoms with van der Waals surface area (Å²) >= 11 is 5.80. The number of rotatable bonds is 5. The molecule has 1 aromatic rings. The first-order valence-electron chi connectivity index (χ1n) is 6.79. The average Bonchev–Trinajstić information content (AvgIpc) is 2.90. The standard InChI is InChI=1S/C14H19ClFN3O/c15-10-5-11(16)7-12(6-10)18-13(9-17)8-14(20)19-3-1-2-4-19/h5-7,13,18H,1-4,8-9,17H2. The van der Waals surface area contributed by atoms with E-state index in [0.717, 1.165) is 25.9 Å². The molecule has 1 heterocycles. The summed E-state index contributed by atoms with van der Waals surface area (Å²) in [7, 11) is 0. The fraction of sp³-hybridized carbons (Fsp3) is 0.500. The van der Waals surface area contributed by atoms with Gasteiger partial charge in [0, 0.05) is 42.8 Å². The molecule has 1 amide bonds. The Morgan fingerprint density at radius 1 is 1.40 bits per heavy atom. The van der Waals surface area contributed by atoms with Crippen LogP contribution in [0.3, 0.4) is 0 Å². The molecule has 1 aliphatic rings.